The summed E-state index contributed by atoms with van der Waals surface area (Å²) < 4.78 is 30.1. The molecule has 210 valence electrons. The number of fused-ring (bicyclic) bond motifs is 3. The van der Waals surface area contributed by atoms with Crippen molar-refractivity contribution in [1.29, 1.82) is 0 Å². The van der Waals surface area contributed by atoms with E-state index in [9.17, 15) is 13.6 Å². The highest BCUT2D eigenvalue weighted by molar-refractivity contribution is 5.98. The van der Waals surface area contributed by atoms with Gasteiger partial charge in [0.05, 0.1) is 16.7 Å². The number of aromatic amines is 1. The van der Waals surface area contributed by atoms with Crippen LogP contribution in [0.5, 0.6) is 0 Å². The number of carbonyl (C=O) groups is 1. The van der Waals surface area contributed by atoms with E-state index >= 15 is 0 Å². The lowest BCUT2D eigenvalue weighted by molar-refractivity contribution is 0.0950. The lowest BCUT2D eigenvalue weighted by Crippen LogP contribution is -2.36. The molecule has 1 atom stereocenters. The summed E-state index contributed by atoms with van der Waals surface area (Å²) in [5.41, 5.74) is 4.23. The number of H-pyrrole nitrogens is 1. The summed E-state index contributed by atoms with van der Waals surface area (Å²) >= 11 is 0. The van der Waals surface area contributed by atoms with Crippen molar-refractivity contribution < 1.29 is 13.6 Å². The molecule has 0 aliphatic carbocycles. The molecule has 2 aromatic heterocycles. The predicted octanol–water partition coefficient (Wildman–Crippen LogP) is 5.44. The average molecular weight is 580 g/mol. The first-order valence-corrected chi connectivity index (χ1v) is 13.2. The Hall–Kier alpha value is -2.72. The van der Waals surface area contributed by atoms with E-state index in [1.54, 1.807) is 18.2 Å². The standard InChI is InChI=1S/C28H32F2N6O.2ClH/c29-20-8-13-35(14-9-20)12-2-11-32-27(37)19-5-7-26-24(16-19)33-28-34-25(17-36(26)28)21-6-4-18(15-22(21)30)23-3-1-10-31-23;;/h4-7,15-17,20,23,31H,1-3,8-14H2,(H,32,37)(H,33,34);2*1H/t23-;;/m0../s1. The molecule has 2 aliphatic rings. The number of hydrogen-bond acceptors (Lipinski definition) is 4. The van der Waals surface area contributed by atoms with Gasteiger partial charge >= 0.3 is 0 Å². The fraction of sp³-hybridized carbons (Fsp3) is 0.429. The maximum atomic E-state index is 15.0. The SMILES string of the molecule is Cl.Cl.O=C(NCCCN1CCC(F)CC1)c1ccc2c(c1)[nH]c1nc(-c3ccc([C@@H]4CCCN4)cc3F)cn12. The normalized spacial score (nSPS) is 18.3. The number of carbonyl (C=O) groups excluding carboxylic acids is 1. The Labute approximate surface area is 238 Å². The molecule has 0 unspecified atom stereocenters. The molecule has 4 aromatic rings. The second kappa shape index (κ2) is 12.6. The summed E-state index contributed by atoms with van der Waals surface area (Å²) in [6.45, 7) is 3.99. The molecule has 2 aromatic carbocycles. The molecule has 3 N–H and O–H groups in total. The lowest BCUT2D eigenvalue weighted by Gasteiger charge is -2.28. The summed E-state index contributed by atoms with van der Waals surface area (Å²) in [5.74, 6) is 0.193. The van der Waals surface area contributed by atoms with Gasteiger partial charge in [-0.05, 0) is 81.1 Å². The van der Waals surface area contributed by atoms with Gasteiger partial charge in [-0.15, -0.1) is 24.8 Å². The maximum Gasteiger partial charge on any atom is 0.251 e. The van der Waals surface area contributed by atoms with Gasteiger partial charge in [-0.3, -0.25) is 9.20 Å². The van der Waals surface area contributed by atoms with Crippen LogP contribution < -0.4 is 10.6 Å². The predicted molar refractivity (Wildman–Crippen MR) is 154 cm³/mol. The Morgan fingerprint density at radius 2 is 1.92 bits per heavy atom. The molecule has 2 saturated heterocycles. The maximum absolute atomic E-state index is 15.0. The first kappa shape index (κ1) is 29.3. The van der Waals surface area contributed by atoms with E-state index in [0.717, 1.165) is 62.0 Å². The number of likely N-dealkylation sites (tertiary alicyclic amines) is 1. The van der Waals surface area contributed by atoms with Gasteiger partial charge in [0.15, 0.2) is 0 Å². The zero-order valence-corrected chi connectivity index (χ0v) is 23.2. The highest BCUT2D eigenvalue weighted by atomic mass is 35.5. The van der Waals surface area contributed by atoms with Crippen molar-refractivity contribution in [2.75, 3.05) is 32.7 Å². The summed E-state index contributed by atoms with van der Waals surface area (Å²) in [4.78, 5) is 22.8. The third-order valence-corrected chi connectivity index (χ3v) is 7.66. The number of nitrogens with one attached hydrogen (secondary N) is 3. The number of imidazole rings is 2. The van der Waals surface area contributed by atoms with E-state index in [1.165, 1.54) is 0 Å². The molecular formula is C28H34Cl2F2N6O. The Bertz CT molecular complexity index is 1430. The molecule has 7 nitrogen and oxygen atoms in total. The van der Waals surface area contributed by atoms with E-state index in [-0.39, 0.29) is 42.6 Å². The van der Waals surface area contributed by atoms with Gasteiger partial charge in [0.2, 0.25) is 5.78 Å². The van der Waals surface area contributed by atoms with Gasteiger partial charge in [-0.1, -0.05) is 6.07 Å². The van der Waals surface area contributed by atoms with Crippen LogP contribution >= 0.6 is 24.8 Å². The highest BCUT2D eigenvalue weighted by Gasteiger charge is 2.20. The van der Waals surface area contributed by atoms with Crippen molar-refractivity contribution in [2.24, 2.45) is 0 Å². The van der Waals surface area contributed by atoms with Crippen LogP contribution in [0, 0.1) is 5.82 Å². The zero-order valence-electron chi connectivity index (χ0n) is 21.6. The third kappa shape index (κ3) is 6.22. The monoisotopic (exact) mass is 578 g/mol. The van der Waals surface area contributed by atoms with Crippen LogP contribution in [-0.4, -0.2) is 64.1 Å². The lowest BCUT2D eigenvalue weighted by atomic mass is 10.0. The number of nitrogens with zero attached hydrogens (tertiary/aromatic N) is 3. The van der Waals surface area contributed by atoms with Crippen molar-refractivity contribution in [3.63, 3.8) is 0 Å². The highest BCUT2D eigenvalue weighted by Crippen LogP contribution is 2.30. The van der Waals surface area contributed by atoms with Crippen molar-refractivity contribution >= 4 is 47.5 Å². The zero-order chi connectivity index (χ0) is 25.4. The molecule has 6 rings (SSSR count). The summed E-state index contributed by atoms with van der Waals surface area (Å²) in [6.07, 6.45) is 5.33. The number of hydrogen-bond donors (Lipinski definition) is 3. The Morgan fingerprint density at radius 1 is 1.10 bits per heavy atom. The number of piperidine rings is 1. The van der Waals surface area contributed by atoms with Gasteiger partial charge in [0.25, 0.3) is 5.91 Å². The van der Waals surface area contributed by atoms with Crippen LogP contribution in [-0.2, 0) is 0 Å². The summed E-state index contributed by atoms with van der Waals surface area (Å²) in [7, 11) is 0. The van der Waals surface area contributed by atoms with Crippen molar-refractivity contribution in [3.8, 4) is 11.3 Å². The van der Waals surface area contributed by atoms with E-state index in [4.69, 9.17) is 0 Å². The fourth-order valence-corrected chi connectivity index (χ4v) is 5.55. The van der Waals surface area contributed by atoms with Gasteiger partial charge in [0.1, 0.15) is 12.0 Å². The molecule has 0 spiro atoms. The first-order chi connectivity index (χ1) is 18.0. The van der Waals surface area contributed by atoms with Crippen molar-refractivity contribution in [2.45, 2.75) is 44.3 Å². The van der Waals surface area contributed by atoms with E-state index in [1.807, 2.05) is 28.8 Å². The van der Waals surface area contributed by atoms with E-state index in [0.29, 0.717) is 42.0 Å². The third-order valence-electron chi connectivity index (χ3n) is 7.66. The minimum atomic E-state index is -0.667. The molecule has 2 aliphatic heterocycles. The van der Waals surface area contributed by atoms with Gasteiger partial charge < -0.3 is 20.5 Å². The topological polar surface area (TPSA) is 77.5 Å². The van der Waals surface area contributed by atoms with E-state index < -0.39 is 6.17 Å². The average Bonchev–Trinajstić information content (AvgIpc) is 3.64. The fourth-order valence-electron chi connectivity index (χ4n) is 5.55. The first-order valence-electron chi connectivity index (χ1n) is 13.2. The van der Waals surface area contributed by atoms with Crippen LogP contribution in [0.25, 0.3) is 28.1 Å². The largest absolute Gasteiger partial charge is 0.352 e. The molecule has 0 bridgehead atoms. The Balaban J connectivity index is 0.00000176. The molecule has 1 amide bonds. The molecule has 2 fully saturated rings. The summed E-state index contributed by atoms with van der Waals surface area (Å²) in [6, 6.07) is 11.1. The quantitative estimate of drug-likeness (QED) is 0.255. The van der Waals surface area contributed by atoms with Crippen LogP contribution in [0.15, 0.2) is 42.6 Å². The molecule has 0 saturated carbocycles. The minimum absolute atomic E-state index is 0. The second-order valence-corrected chi connectivity index (χ2v) is 10.2. The number of rotatable bonds is 7. The number of benzene rings is 2. The van der Waals surface area contributed by atoms with Gasteiger partial charge in [-0.2, -0.15) is 0 Å². The summed E-state index contributed by atoms with van der Waals surface area (Å²) in [5, 5.41) is 6.38. The molecular weight excluding hydrogens is 545 g/mol. The molecule has 4 heterocycles. The second-order valence-electron chi connectivity index (χ2n) is 10.2. The number of aromatic nitrogens is 3. The van der Waals surface area contributed by atoms with Crippen LogP contribution in [0.2, 0.25) is 0 Å². The Morgan fingerprint density at radius 3 is 2.67 bits per heavy atom. The van der Waals surface area contributed by atoms with Crippen LogP contribution in [0.1, 0.15) is 54.1 Å². The van der Waals surface area contributed by atoms with Gasteiger partial charge in [-0.25, -0.2) is 13.8 Å². The van der Waals surface area contributed by atoms with E-state index in [2.05, 4.69) is 25.5 Å². The van der Waals surface area contributed by atoms with Gasteiger partial charge in [0, 0.05) is 43.0 Å². The molecule has 39 heavy (non-hydrogen) atoms. The molecule has 11 heteroatoms. The van der Waals surface area contributed by atoms with Crippen molar-refractivity contribution in [1.82, 2.24) is 29.9 Å². The minimum Gasteiger partial charge on any atom is -0.352 e. The smallest absolute Gasteiger partial charge is 0.251 e. The molecule has 0 radical (unpaired) electrons. The Kier molecular flexibility index (Phi) is 9.48. The van der Waals surface area contributed by atoms with Crippen LogP contribution in [0.4, 0.5) is 8.78 Å². The number of amides is 1. The number of alkyl halides is 1. The number of halogens is 4. The van der Waals surface area contributed by atoms with Crippen LogP contribution in [0.3, 0.4) is 0 Å². The van der Waals surface area contributed by atoms with Crippen molar-refractivity contribution in [3.05, 3.63) is 59.5 Å².